The van der Waals surface area contributed by atoms with Gasteiger partial charge >= 0.3 is 0 Å². The van der Waals surface area contributed by atoms with E-state index in [0.29, 0.717) is 34.8 Å². The largest absolute Gasteiger partial charge is 0.299 e. The summed E-state index contributed by atoms with van der Waals surface area (Å²) in [4.78, 5) is 12.7. The van der Waals surface area contributed by atoms with Gasteiger partial charge in [-0.3, -0.25) is 4.79 Å². The Morgan fingerprint density at radius 1 is 1.00 bits per heavy atom. The van der Waals surface area contributed by atoms with Crippen LogP contribution in [0.2, 0.25) is 0 Å². The first-order valence-electron chi connectivity index (χ1n) is 7.12. The van der Waals surface area contributed by atoms with Crippen LogP contribution in [0.4, 0.5) is 0 Å². The molecule has 1 aromatic rings. The molecule has 0 N–H and O–H groups in total. The number of hydrogen-bond donors (Lipinski definition) is 0. The highest BCUT2D eigenvalue weighted by Crippen LogP contribution is 2.39. The molecule has 3 rings (SSSR count). The van der Waals surface area contributed by atoms with Crippen molar-refractivity contribution in [2.24, 2.45) is 11.8 Å². The SMILES string of the molecule is O=C1CCC[C@@H]2C=C(S(=O)(=O)c3ccccc3)CC[C@@H]12. The first-order valence-corrected chi connectivity index (χ1v) is 8.61. The minimum atomic E-state index is -3.38. The van der Waals surface area contributed by atoms with Gasteiger partial charge in [-0.25, -0.2) is 8.42 Å². The number of hydrogen-bond acceptors (Lipinski definition) is 3. The van der Waals surface area contributed by atoms with Crippen molar-refractivity contribution in [3.8, 4) is 0 Å². The zero-order chi connectivity index (χ0) is 14.2. The molecular formula is C16H18O3S. The van der Waals surface area contributed by atoms with Gasteiger partial charge in [-0.05, 0) is 43.7 Å². The van der Waals surface area contributed by atoms with Gasteiger partial charge < -0.3 is 0 Å². The van der Waals surface area contributed by atoms with E-state index in [4.69, 9.17) is 0 Å². The average molecular weight is 290 g/mol. The van der Waals surface area contributed by atoms with Crippen LogP contribution in [0.1, 0.15) is 32.1 Å². The predicted molar refractivity (Wildman–Crippen MR) is 76.8 cm³/mol. The van der Waals surface area contributed by atoms with Gasteiger partial charge in [0.2, 0.25) is 9.84 Å². The molecule has 0 aliphatic heterocycles. The first-order chi connectivity index (χ1) is 9.59. The van der Waals surface area contributed by atoms with E-state index in [2.05, 4.69) is 0 Å². The third kappa shape index (κ3) is 2.33. The fraction of sp³-hybridized carbons (Fsp3) is 0.438. The molecule has 3 nitrogen and oxygen atoms in total. The van der Waals surface area contributed by atoms with Crippen molar-refractivity contribution in [2.75, 3.05) is 0 Å². The van der Waals surface area contributed by atoms with Crippen molar-refractivity contribution in [1.82, 2.24) is 0 Å². The Labute approximate surface area is 119 Å². The number of benzene rings is 1. The molecule has 1 saturated carbocycles. The van der Waals surface area contributed by atoms with E-state index in [-0.39, 0.29) is 11.8 Å². The molecule has 1 fully saturated rings. The van der Waals surface area contributed by atoms with Crippen molar-refractivity contribution in [2.45, 2.75) is 37.0 Å². The molecule has 0 unspecified atom stereocenters. The summed E-state index contributed by atoms with van der Waals surface area (Å²) in [6, 6.07) is 8.55. The lowest BCUT2D eigenvalue weighted by atomic mass is 9.73. The number of rotatable bonds is 2. The fourth-order valence-electron chi connectivity index (χ4n) is 3.31. The summed E-state index contributed by atoms with van der Waals surface area (Å²) in [5, 5.41) is 0. The molecule has 1 aromatic carbocycles. The second-order valence-corrected chi connectivity index (χ2v) is 7.62. The molecule has 106 valence electrons. The minimum Gasteiger partial charge on any atom is -0.299 e. The summed E-state index contributed by atoms with van der Waals surface area (Å²) in [6.45, 7) is 0. The Balaban J connectivity index is 1.94. The lowest BCUT2D eigenvalue weighted by Gasteiger charge is -2.32. The highest BCUT2D eigenvalue weighted by Gasteiger charge is 2.36. The molecule has 0 amide bonds. The lowest BCUT2D eigenvalue weighted by Crippen LogP contribution is -2.30. The molecule has 2 aliphatic rings. The summed E-state index contributed by atoms with van der Waals surface area (Å²) >= 11 is 0. The molecule has 0 bridgehead atoms. The van der Waals surface area contributed by atoms with E-state index < -0.39 is 9.84 Å². The van der Waals surface area contributed by atoms with Gasteiger partial charge in [0, 0.05) is 17.2 Å². The third-order valence-electron chi connectivity index (χ3n) is 4.39. The maximum Gasteiger partial charge on any atom is 0.202 e. The number of carbonyl (C=O) groups is 1. The number of sulfone groups is 1. The number of ketones is 1. The second-order valence-electron chi connectivity index (χ2n) is 5.62. The predicted octanol–water partition coefficient (Wildman–Crippen LogP) is 3.12. The van der Waals surface area contributed by atoms with Crippen molar-refractivity contribution in [1.29, 1.82) is 0 Å². The highest BCUT2D eigenvalue weighted by molar-refractivity contribution is 7.95. The number of Topliss-reactive ketones (excluding diaryl/α,β-unsaturated/α-hetero) is 1. The normalized spacial score (nSPS) is 26.8. The Morgan fingerprint density at radius 3 is 2.50 bits per heavy atom. The topological polar surface area (TPSA) is 51.2 Å². The summed E-state index contributed by atoms with van der Waals surface area (Å²) in [5.74, 6) is 0.491. The van der Waals surface area contributed by atoms with Gasteiger partial charge in [-0.15, -0.1) is 0 Å². The van der Waals surface area contributed by atoms with E-state index in [1.807, 2.05) is 12.1 Å². The fourth-order valence-corrected chi connectivity index (χ4v) is 4.87. The van der Waals surface area contributed by atoms with Gasteiger partial charge in [0.1, 0.15) is 5.78 Å². The number of allylic oxidation sites excluding steroid dienone is 2. The smallest absolute Gasteiger partial charge is 0.202 e. The Hall–Kier alpha value is -1.42. The Bertz CT molecular complexity index is 644. The van der Waals surface area contributed by atoms with Crippen molar-refractivity contribution >= 4 is 15.6 Å². The van der Waals surface area contributed by atoms with Crippen LogP contribution in [0, 0.1) is 11.8 Å². The maximum absolute atomic E-state index is 12.6. The average Bonchev–Trinajstić information content (AvgIpc) is 2.48. The van der Waals surface area contributed by atoms with Crippen LogP contribution in [0.15, 0.2) is 46.2 Å². The second kappa shape index (κ2) is 5.17. The van der Waals surface area contributed by atoms with Crippen LogP contribution in [-0.2, 0) is 14.6 Å². The van der Waals surface area contributed by atoms with Crippen molar-refractivity contribution < 1.29 is 13.2 Å². The molecule has 20 heavy (non-hydrogen) atoms. The standard InChI is InChI=1S/C16H18O3S/c17-16-8-4-5-12-11-14(9-10-15(12)16)20(18,19)13-6-2-1-3-7-13/h1-3,6-7,11-12,15H,4-5,8-10H2/t12-,15-/m1/s1. The van der Waals surface area contributed by atoms with Gasteiger partial charge in [0.15, 0.2) is 0 Å². The van der Waals surface area contributed by atoms with Crippen LogP contribution < -0.4 is 0 Å². The third-order valence-corrected chi connectivity index (χ3v) is 6.31. The molecular weight excluding hydrogens is 272 g/mol. The summed E-state index contributed by atoms with van der Waals surface area (Å²) in [6.07, 6.45) is 5.51. The van der Waals surface area contributed by atoms with Crippen LogP contribution >= 0.6 is 0 Å². The van der Waals surface area contributed by atoms with Crippen molar-refractivity contribution in [3.63, 3.8) is 0 Å². The molecule has 0 saturated heterocycles. The van der Waals surface area contributed by atoms with Gasteiger partial charge in [-0.1, -0.05) is 24.3 Å². The molecule has 4 heteroatoms. The van der Waals surface area contributed by atoms with Gasteiger partial charge in [0.25, 0.3) is 0 Å². The molecule has 2 atom stereocenters. The van der Waals surface area contributed by atoms with E-state index in [1.54, 1.807) is 24.3 Å². The molecule has 0 spiro atoms. The van der Waals surface area contributed by atoms with E-state index in [9.17, 15) is 13.2 Å². The van der Waals surface area contributed by atoms with Gasteiger partial charge in [0.05, 0.1) is 4.90 Å². The summed E-state index contributed by atoms with van der Waals surface area (Å²) < 4.78 is 25.2. The maximum atomic E-state index is 12.6. The molecule has 2 aliphatic carbocycles. The van der Waals surface area contributed by atoms with E-state index in [0.717, 1.165) is 12.8 Å². The molecule has 0 aromatic heterocycles. The Morgan fingerprint density at radius 2 is 1.75 bits per heavy atom. The van der Waals surface area contributed by atoms with E-state index in [1.165, 1.54) is 0 Å². The van der Waals surface area contributed by atoms with Crippen LogP contribution in [0.3, 0.4) is 0 Å². The minimum absolute atomic E-state index is 0.0541. The quantitative estimate of drug-likeness (QED) is 0.841. The first kappa shape index (κ1) is 13.6. The summed E-state index contributed by atoms with van der Waals surface area (Å²) in [5.41, 5.74) is 0. The lowest BCUT2D eigenvalue weighted by molar-refractivity contribution is -0.126. The van der Waals surface area contributed by atoms with Crippen molar-refractivity contribution in [3.05, 3.63) is 41.3 Å². The zero-order valence-corrected chi connectivity index (χ0v) is 12.1. The van der Waals surface area contributed by atoms with E-state index >= 15 is 0 Å². The highest BCUT2D eigenvalue weighted by atomic mass is 32.2. The summed E-state index contributed by atoms with van der Waals surface area (Å²) in [7, 11) is -3.38. The van der Waals surface area contributed by atoms with Crippen LogP contribution in [0.25, 0.3) is 0 Å². The van der Waals surface area contributed by atoms with Crippen LogP contribution in [-0.4, -0.2) is 14.2 Å². The molecule has 0 heterocycles. The number of carbonyl (C=O) groups excluding carboxylic acids is 1. The zero-order valence-electron chi connectivity index (χ0n) is 11.3. The number of fused-ring (bicyclic) bond motifs is 1. The Kier molecular flexibility index (Phi) is 3.50. The van der Waals surface area contributed by atoms with Crippen LogP contribution in [0.5, 0.6) is 0 Å². The monoisotopic (exact) mass is 290 g/mol. The van der Waals surface area contributed by atoms with Gasteiger partial charge in [-0.2, -0.15) is 0 Å². The molecule has 0 radical (unpaired) electrons.